The highest BCUT2D eigenvalue weighted by Crippen LogP contribution is 2.34. The maximum Gasteiger partial charge on any atom is 0.277 e. The minimum absolute atomic E-state index is 0.0355. The van der Waals surface area contributed by atoms with Gasteiger partial charge in [-0.1, -0.05) is 13.3 Å². The van der Waals surface area contributed by atoms with Crippen LogP contribution in [0.25, 0.3) is 5.57 Å². The highest BCUT2D eigenvalue weighted by Gasteiger charge is 2.41. The predicted octanol–water partition coefficient (Wildman–Crippen LogP) is 2.57. The molecule has 1 aromatic carbocycles. The number of hydrogen-bond acceptors (Lipinski definition) is 5. The van der Waals surface area contributed by atoms with E-state index in [0.29, 0.717) is 23.4 Å². The summed E-state index contributed by atoms with van der Waals surface area (Å²) in [6, 6.07) is 5.85. The Morgan fingerprint density at radius 1 is 1.08 bits per heavy atom. The van der Waals surface area contributed by atoms with Crippen LogP contribution in [0.15, 0.2) is 30.0 Å². The number of hydrogen-bond donors (Lipinski definition) is 0. The van der Waals surface area contributed by atoms with Gasteiger partial charge >= 0.3 is 0 Å². The van der Waals surface area contributed by atoms with Crippen molar-refractivity contribution in [2.75, 3.05) is 19.6 Å². The lowest BCUT2D eigenvalue weighted by molar-refractivity contribution is -0.384. The SMILES string of the molecule is CCCCN1C(=O)C(c2ccc([N+](=O)[O-])cc2)=C(N2CCCC2)C1=O. The number of unbranched alkanes of at least 4 members (excludes halogenated alkanes) is 1. The van der Waals surface area contributed by atoms with Crippen LogP contribution < -0.4 is 0 Å². The first-order valence-electron chi connectivity index (χ1n) is 8.64. The molecule has 7 nitrogen and oxygen atoms in total. The molecule has 0 saturated carbocycles. The van der Waals surface area contributed by atoms with Crippen LogP contribution in [0.1, 0.15) is 38.2 Å². The number of rotatable bonds is 6. The van der Waals surface area contributed by atoms with Gasteiger partial charge in [0.25, 0.3) is 17.5 Å². The van der Waals surface area contributed by atoms with E-state index in [4.69, 9.17) is 0 Å². The van der Waals surface area contributed by atoms with Crippen molar-refractivity contribution < 1.29 is 14.5 Å². The Morgan fingerprint density at radius 2 is 1.72 bits per heavy atom. The number of carbonyl (C=O) groups excluding carboxylic acids is 2. The predicted molar refractivity (Wildman–Crippen MR) is 92.5 cm³/mol. The van der Waals surface area contributed by atoms with Gasteiger partial charge in [-0.15, -0.1) is 0 Å². The maximum absolute atomic E-state index is 12.9. The average Bonchev–Trinajstić information content (AvgIpc) is 3.20. The van der Waals surface area contributed by atoms with Gasteiger partial charge in [-0.05, 0) is 37.0 Å². The standard InChI is InChI=1S/C18H21N3O4/c1-2-3-12-20-17(22)15(13-6-8-14(9-7-13)21(24)25)16(18(20)23)19-10-4-5-11-19/h6-9H,2-5,10-12H2,1H3. The summed E-state index contributed by atoms with van der Waals surface area (Å²) in [6.07, 6.45) is 3.64. The summed E-state index contributed by atoms with van der Waals surface area (Å²) in [6.45, 7) is 3.93. The van der Waals surface area contributed by atoms with Gasteiger partial charge in [-0.3, -0.25) is 24.6 Å². The van der Waals surface area contributed by atoms with E-state index >= 15 is 0 Å². The van der Waals surface area contributed by atoms with Crippen LogP contribution in [-0.2, 0) is 9.59 Å². The van der Waals surface area contributed by atoms with Crippen LogP contribution in [0.3, 0.4) is 0 Å². The van der Waals surface area contributed by atoms with Crippen LogP contribution in [-0.4, -0.2) is 46.2 Å². The molecule has 0 aliphatic carbocycles. The van der Waals surface area contributed by atoms with Crippen molar-refractivity contribution in [2.45, 2.75) is 32.6 Å². The fourth-order valence-corrected chi connectivity index (χ4v) is 3.33. The molecule has 0 N–H and O–H groups in total. The molecule has 3 rings (SSSR count). The molecule has 1 fully saturated rings. The van der Waals surface area contributed by atoms with E-state index in [1.54, 1.807) is 12.1 Å². The smallest absolute Gasteiger partial charge is 0.277 e. The summed E-state index contributed by atoms with van der Waals surface area (Å²) >= 11 is 0. The minimum Gasteiger partial charge on any atom is -0.366 e. The highest BCUT2D eigenvalue weighted by molar-refractivity contribution is 6.35. The monoisotopic (exact) mass is 343 g/mol. The second-order valence-electron chi connectivity index (χ2n) is 6.34. The minimum atomic E-state index is -0.477. The third-order valence-electron chi connectivity index (χ3n) is 4.67. The zero-order chi connectivity index (χ0) is 18.0. The molecule has 2 heterocycles. The van der Waals surface area contributed by atoms with Gasteiger partial charge in [-0.25, -0.2) is 0 Å². The van der Waals surface area contributed by atoms with Gasteiger partial charge in [0.2, 0.25) is 0 Å². The van der Waals surface area contributed by atoms with Crippen molar-refractivity contribution in [3.8, 4) is 0 Å². The quantitative estimate of drug-likeness (QED) is 0.450. The second kappa shape index (κ2) is 7.04. The normalized spacial score (nSPS) is 17.8. The number of carbonyl (C=O) groups is 2. The molecule has 0 radical (unpaired) electrons. The van der Waals surface area contributed by atoms with E-state index in [2.05, 4.69) is 0 Å². The van der Waals surface area contributed by atoms with E-state index in [9.17, 15) is 19.7 Å². The first-order chi connectivity index (χ1) is 12.0. The summed E-state index contributed by atoms with van der Waals surface area (Å²) in [5, 5.41) is 10.8. The fourth-order valence-electron chi connectivity index (χ4n) is 3.33. The Balaban J connectivity index is 2.01. The molecule has 1 saturated heterocycles. The van der Waals surface area contributed by atoms with E-state index in [1.807, 2.05) is 11.8 Å². The third kappa shape index (κ3) is 3.14. The van der Waals surface area contributed by atoms with E-state index in [1.165, 1.54) is 17.0 Å². The van der Waals surface area contributed by atoms with Crippen molar-refractivity contribution in [1.29, 1.82) is 0 Å². The van der Waals surface area contributed by atoms with Gasteiger partial charge in [0.1, 0.15) is 5.70 Å². The van der Waals surface area contributed by atoms with E-state index < -0.39 is 4.92 Å². The number of likely N-dealkylation sites (tertiary alicyclic amines) is 1. The molecule has 7 heteroatoms. The number of nitro groups is 1. The van der Waals surface area contributed by atoms with Crippen molar-refractivity contribution in [3.05, 3.63) is 45.6 Å². The highest BCUT2D eigenvalue weighted by atomic mass is 16.6. The fraction of sp³-hybridized carbons (Fsp3) is 0.444. The molecule has 1 aromatic rings. The van der Waals surface area contributed by atoms with Gasteiger partial charge in [0.05, 0.1) is 10.5 Å². The summed E-state index contributed by atoms with van der Waals surface area (Å²) in [5.41, 5.74) is 1.35. The van der Waals surface area contributed by atoms with E-state index in [-0.39, 0.29) is 17.5 Å². The zero-order valence-electron chi connectivity index (χ0n) is 14.2. The maximum atomic E-state index is 12.9. The summed E-state index contributed by atoms with van der Waals surface area (Å²) < 4.78 is 0. The molecule has 25 heavy (non-hydrogen) atoms. The molecule has 2 aliphatic rings. The number of nitro benzene ring substituents is 1. The Kier molecular flexibility index (Phi) is 4.83. The van der Waals surface area contributed by atoms with Crippen molar-refractivity contribution in [1.82, 2.24) is 9.80 Å². The topological polar surface area (TPSA) is 83.8 Å². The molecular weight excluding hydrogens is 322 g/mol. The number of nitrogens with zero attached hydrogens (tertiary/aromatic N) is 3. The first-order valence-corrected chi connectivity index (χ1v) is 8.64. The zero-order valence-corrected chi connectivity index (χ0v) is 14.2. The number of non-ortho nitro benzene ring substituents is 1. The van der Waals surface area contributed by atoms with Gasteiger partial charge in [0, 0.05) is 31.8 Å². The Labute approximate surface area is 146 Å². The van der Waals surface area contributed by atoms with Crippen molar-refractivity contribution in [3.63, 3.8) is 0 Å². The molecule has 0 bridgehead atoms. The van der Waals surface area contributed by atoms with Crippen LogP contribution in [0.4, 0.5) is 5.69 Å². The molecule has 2 aliphatic heterocycles. The molecule has 0 atom stereocenters. The van der Waals surface area contributed by atoms with Crippen LogP contribution in [0.2, 0.25) is 0 Å². The molecular formula is C18H21N3O4. The largest absolute Gasteiger partial charge is 0.366 e. The summed E-state index contributed by atoms with van der Waals surface area (Å²) in [5.74, 6) is -0.539. The second-order valence-corrected chi connectivity index (χ2v) is 6.34. The number of benzene rings is 1. The van der Waals surface area contributed by atoms with Gasteiger partial charge in [0.15, 0.2) is 0 Å². The van der Waals surface area contributed by atoms with Crippen molar-refractivity contribution >= 4 is 23.1 Å². The molecule has 2 amide bonds. The third-order valence-corrected chi connectivity index (χ3v) is 4.67. The summed E-state index contributed by atoms with van der Waals surface area (Å²) in [7, 11) is 0. The van der Waals surface area contributed by atoms with Gasteiger partial charge < -0.3 is 4.90 Å². The lowest BCUT2D eigenvalue weighted by Crippen LogP contribution is -2.35. The van der Waals surface area contributed by atoms with Crippen molar-refractivity contribution in [2.24, 2.45) is 0 Å². The van der Waals surface area contributed by atoms with Crippen LogP contribution in [0, 0.1) is 10.1 Å². The number of amides is 2. The van der Waals surface area contributed by atoms with Gasteiger partial charge in [-0.2, -0.15) is 0 Å². The van der Waals surface area contributed by atoms with Crippen LogP contribution >= 0.6 is 0 Å². The Morgan fingerprint density at radius 3 is 2.28 bits per heavy atom. The first kappa shape index (κ1) is 17.1. The Hall–Kier alpha value is -2.70. The lowest BCUT2D eigenvalue weighted by atomic mass is 10.0. The average molecular weight is 343 g/mol. The van der Waals surface area contributed by atoms with E-state index in [0.717, 1.165) is 38.8 Å². The Bertz CT molecular complexity index is 733. The molecule has 0 unspecified atom stereocenters. The number of imide groups is 1. The molecule has 0 spiro atoms. The molecule has 132 valence electrons. The summed E-state index contributed by atoms with van der Waals surface area (Å²) in [4.78, 5) is 39.4. The lowest BCUT2D eigenvalue weighted by Gasteiger charge is -2.20. The molecule has 0 aromatic heterocycles. The van der Waals surface area contributed by atoms with Crippen LogP contribution in [0.5, 0.6) is 0 Å².